The van der Waals surface area contributed by atoms with Crippen LogP contribution in [0.5, 0.6) is 0 Å². The summed E-state index contributed by atoms with van der Waals surface area (Å²) in [5.41, 5.74) is -0.658. The molecule has 3 nitrogen and oxygen atoms in total. The Bertz CT molecular complexity index is 392. The predicted octanol–water partition coefficient (Wildman–Crippen LogP) is 1.90. The van der Waals surface area contributed by atoms with Crippen molar-refractivity contribution in [2.75, 3.05) is 24.5 Å². The molecule has 94 valence electrons. The number of hydrogen-bond donors (Lipinski definition) is 1. The zero-order chi connectivity index (χ0) is 12.5. The van der Waals surface area contributed by atoms with Crippen LogP contribution in [-0.2, 0) is 6.18 Å². The first kappa shape index (κ1) is 12.2. The summed E-state index contributed by atoms with van der Waals surface area (Å²) >= 11 is 0. The third kappa shape index (κ3) is 2.69. The van der Waals surface area contributed by atoms with Gasteiger partial charge in [-0.2, -0.15) is 13.2 Å². The van der Waals surface area contributed by atoms with Gasteiger partial charge in [-0.3, -0.25) is 0 Å². The third-order valence-electron chi connectivity index (χ3n) is 2.76. The lowest BCUT2D eigenvalue weighted by Gasteiger charge is -2.34. The van der Waals surface area contributed by atoms with E-state index in [1.54, 1.807) is 4.90 Å². The van der Waals surface area contributed by atoms with E-state index in [2.05, 4.69) is 10.3 Å². The van der Waals surface area contributed by atoms with E-state index in [0.29, 0.717) is 19.6 Å². The monoisotopic (exact) mass is 245 g/mol. The number of anilines is 1. The van der Waals surface area contributed by atoms with Gasteiger partial charge < -0.3 is 10.2 Å². The number of pyridine rings is 1. The molecule has 6 heteroatoms. The van der Waals surface area contributed by atoms with Crippen LogP contribution in [0, 0.1) is 0 Å². The van der Waals surface area contributed by atoms with Crippen LogP contribution in [0.4, 0.5) is 19.0 Å². The second-order valence-electron chi connectivity index (χ2n) is 4.17. The third-order valence-corrected chi connectivity index (χ3v) is 2.76. The van der Waals surface area contributed by atoms with Crippen molar-refractivity contribution in [1.82, 2.24) is 10.3 Å². The highest BCUT2D eigenvalue weighted by Crippen LogP contribution is 2.35. The minimum Gasteiger partial charge on any atom is -0.353 e. The number of nitrogens with one attached hydrogen (secondary N) is 1. The van der Waals surface area contributed by atoms with Crippen LogP contribution < -0.4 is 10.2 Å². The standard InChI is InChI=1S/C11H14F3N3/c1-8-7-17(6-5-15-8)10-9(11(12,13)14)3-2-4-16-10/h2-4,8,15H,5-7H2,1H3/t8-/m0/s1. The molecule has 1 aromatic rings. The number of rotatable bonds is 1. The minimum atomic E-state index is -4.35. The van der Waals surface area contributed by atoms with Crippen molar-refractivity contribution in [3.05, 3.63) is 23.9 Å². The van der Waals surface area contributed by atoms with E-state index < -0.39 is 11.7 Å². The second kappa shape index (κ2) is 4.52. The number of alkyl halides is 3. The highest BCUT2D eigenvalue weighted by atomic mass is 19.4. The van der Waals surface area contributed by atoms with E-state index in [0.717, 1.165) is 6.07 Å². The van der Waals surface area contributed by atoms with Gasteiger partial charge >= 0.3 is 6.18 Å². The van der Waals surface area contributed by atoms with Crippen LogP contribution in [0.3, 0.4) is 0 Å². The second-order valence-corrected chi connectivity index (χ2v) is 4.17. The largest absolute Gasteiger partial charge is 0.419 e. The summed E-state index contributed by atoms with van der Waals surface area (Å²) in [5.74, 6) is 0.0355. The van der Waals surface area contributed by atoms with Gasteiger partial charge in [-0.05, 0) is 19.1 Å². The fourth-order valence-electron chi connectivity index (χ4n) is 1.99. The van der Waals surface area contributed by atoms with E-state index in [1.807, 2.05) is 6.92 Å². The Morgan fingerprint density at radius 2 is 2.24 bits per heavy atom. The van der Waals surface area contributed by atoms with Crippen molar-refractivity contribution in [3.8, 4) is 0 Å². The Morgan fingerprint density at radius 1 is 1.47 bits per heavy atom. The van der Waals surface area contributed by atoms with Crippen LogP contribution in [0.1, 0.15) is 12.5 Å². The lowest BCUT2D eigenvalue weighted by molar-refractivity contribution is -0.137. The van der Waals surface area contributed by atoms with Crippen molar-refractivity contribution in [1.29, 1.82) is 0 Å². The molecule has 1 aliphatic heterocycles. The Hall–Kier alpha value is -1.30. The normalized spacial score (nSPS) is 21.6. The molecule has 0 aromatic carbocycles. The van der Waals surface area contributed by atoms with Gasteiger partial charge in [0.25, 0.3) is 0 Å². The fraction of sp³-hybridized carbons (Fsp3) is 0.545. The topological polar surface area (TPSA) is 28.2 Å². The molecule has 2 heterocycles. The molecule has 1 aromatic heterocycles. The summed E-state index contributed by atoms with van der Waals surface area (Å²) in [6.07, 6.45) is -2.95. The van der Waals surface area contributed by atoms with Crippen molar-refractivity contribution >= 4 is 5.82 Å². The summed E-state index contributed by atoms with van der Waals surface area (Å²) in [6, 6.07) is 2.57. The Labute approximate surface area is 97.6 Å². The average Bonchev–Trinajstić information content (AvgIpc) is 2.28. The molecule has 0 unspecified atom stereocenters. The van der Waals surface area contributed by atoms with E-state index >= 15 is 0 Å². The van der Waals surface area contributed by atoms with E-state index in [1.165, 1.54) is 12.3 Å². The summed E-state index contributed by atoms with van der Waals surface area (Å²) in [6.45, 7) is 3.71. The molecular weight excluding hydrogens is 231 g/mol. The molecule has 17 heavy (non-hydrogen) atoms. The zero-order valence-corrected chi connectivity index (χ0v) is 9.46. The van der Waals surface area contributed by atoms with Gasteiger partial charge in [-0.15, -0.1) is 0 Å². The Kier molecular flexibility index (Phi) is 3.24. The quantitative estimate of drug-likeness (QED) is 0.819. The van der Waals surface area contributed by atoms with Gasteiger partial charge in [0.05, 0.1) is 5.56 Å². The highest BCUT2D eigenvalue weighted by Gasteiger charge is 2.36. The molecule has 1 atom stereocenters. The molecule has 1 fully saturated rings. The molecule has 0 amide bonds. The van der Waals surface area contributed by atoms with Crippen molar-refractivity contribution in [2.45, 2.75) is 19.1 Å². The van der Waals surface area contributed by atoms with Gasteiger partial charge in [0.15, 0.2) is 0 Å². The number of hydrogen-bond acceptors (Lipinski definition) is 3. The fourth-order valence-corrected chi connectivity index (χ4v) is 1.99. The molecule has 0 bridgehead atoms. The highest BCUT2D eigenvalue weighted by molar-refractivity contribution is 5.48. The van der Waals surface area contributed by atoms with Crippen LogP contribution >= 0.6 is 0 Å². The SMILES string of the molecule is C[C@H]1CN(c2ncccc2C(F)(F)F)CCN1. The van der Waals surface area contributed by atoms with E-state index in [4.69, 9.17) is 0 Å². The molecule has 1 N–H and O–H groups in total. The van der Waals surface area contributed by atoms with Crippen LogP contribution in [0.15, 0.2) is 18.3 Å². The van der Waals surface area contributed by atoms with Crippen LogP contribution in [0.2, 0.25) is 0 Å². The first-order valence-corrected chi connectivity index (χ1v) is 5.49. The van der Waals surface area contributed by atoms with Gasteiger partial charge in [0.2, 0.25) is 0 Å². The zero-order valence-electron chi connectivity index (χ0n) is 9.46. The maximum Gasteiger partial charge on any atom is 0.419 e. The maximum atomic E-state index is 12.8. The first-order valence-electron chi connectivity index (χ1n) is 5.49. The van der Waals surface area contributed by atoms with Gasteiger partial charge in [0, 0.05) is 31.9 Å². The van der Waals surface area contributed by atoms with Gasteiger partial charge in [-0.1, -0.05) is 0 Å². The molecule has 1 saturated heterocycles. The summed E-state index contributed by atoms with van der Waals surface area (Å²) in [5, 5.41) is 3.19. The van der Waals surface area contributed by atoms with Gasteiger partial charge in [-0.25, -0.2) is 4.98 Å². The average molecular weight is 245 g/mol. The summed E-state index contributed by atoms with van der Waals surface area (Å²) < 4.78 is 38.5. The Balaban J connectivity index is 2.31. The lowest BCUT2D eigenvalue weighted by atomic mass is 10.2. The molecule has 1 aliphatic rings. The number of piperazine rings is 1. The number of aromatic nitrogens is 1. The van der Waals surface area contributed by atoms with E-state index in [9.17, 15) is 13.2 Å². The first-order chi connectivity index (χ1) is 7.98. The summed E-state index contributed by atoms with van der Waals surface area (Å²) in [7, 11) is 0. The maximum absolute atomic E-state index is 12.8. The summed E-state index contributed by atoms with van der Waals surface area (Å²) in [4.78, 5) is 5.57. The minimum absolute atomic E-state index is 0.0355. The van der Waals surface area contributed by atoms with Crippen molar-refractivity contribution < 1.29 is 13.2 Å². The number of halogens is 3. The molecule has 2 rings (SSSR count). The van der Waals surface area contributed by atoms with Gasteiger partial charge in [0.1, 0.15) is 5.82 Å². The molecular formula is C11H14F3N3. The molecule has 0 spiro atoms. The lowest BCUT2D eigenvalue weighted by Crippen LogP contribution is -2.50. The molecule has 0 aliphatic carbocycles. The Morgan fingerprint density at radius 3 is 2.88 bits per heavy atom. The van der Waals surface area contributed by atoms with Crippen molar-refractivity contribution in [3.63, 3.8) is 0 Å². The van der Waals surface area contributed by atoms with Crippen LogP contribution in [0.25, 0.3) is 0 Å². The van der Waals surface area contributed by atoms with Crippen molar-refractivity contribution in [2.24, 2.45) is 0 Å². The smallest absolute Gasteiger partial charge is 0.353 e. The van der Waals surface area contributed by atoms with Crippen LogP contribution in [-0.4, -0.2) is 30.7 Å². The predicted molar refractivity (Wildman–Crippen MR) is 58.9 cm³/mol. The molecule has 0 saturated carbocycles. The van der Waals surface area contributed by atoms with E-state index in [-0.39, 0.29) is 11.9 Å². The molecule has 0 radical (unpaired) electrons. The number of nitrogens with zero attached hydrogens (tertiary/aromatic N) is 2.